The zero-order chi connectivity index (χ0) is 22.8. The first-order chi connectivity index (χ1) is 14.5. The summed E-state index contributed by atoms with van der Waals surface area (Å²) in [5, 5.41) is 12.2. The number of carbonyl (C=O) groups is 2. The van der Waals surface area contributed by atoms with Gasteiger partial charge in [0.15, 0.2) is 0 Å². The van der Waals surface area contributed by atoms with E-state index in [1.165, 1.54) is 18.2 Å². The Balaban J connectivity index is 1.82. The van der Waals surface area contributed by atoms with Crippen LogP contribution in [0.2, 0.25) is 0 Å². The number of nitrogens with zero attached hydrogens (tertiary/aromatic N) is 1. The number of amides is 2. The van der Waals surface area contributed by atoms with Crippen LogP contribution < -0.4 is 14.3 Å². The van der Waals surface area contributed by atoms with Gasteiger partial charge in [0.1, 0.15) is 12.3 Å². The minimum absolute atomic E-state index is 0.0610. The average Bonchev–Trinajstić information content (AvgIpc) is 2.93. The first-order valence-electron chi connectivity index (χ1n) is 9.02. The standard InChI is InChI=1S/C19H18F3N3O5S/c20-19(21,22)18(28)23-14(8-12-4-2-1-3-5-12)9-13-6-7-15(16(26)10-13)25-11-17(27)24-31(25,29)30/h1-7,10,14,26H,8-9,11H2,(H,23,28)(H,24,27)/t14-/m0/s1. The predicted octanol–water partition coefficient (Wildman–Crippen LogP) is 1.41. The Labute approximate surface area is 175 Å². The van der Waals surface area contributed by atoms with Crippen molar-refractivity contribution in [2.45, 2.75) is 25.1 Å². The fourth-order valence-electron chi connectivity index (χ4n) is 3.19. The third kappa shape index (κ3) is 5.45. The van der Waals surface area contributed by atoms with Crippen molar-refractivity contribution in [1.82, 2.24) is 10.0 Å². The molecule has 31 heavy (non-hydrogen) atoms. The molecule has 3 N–H and O–H groups in total. The molecule has 2 aromatic rings. The van der Waals surface area contributed by atoms with Crippen LogP contribution in [-0.2, 0) is 32.6 Å². The summed E-state index contributed by atoms with van der Waals surface area (Å²) in [6.07, 6.45) is -5.01. The Morgan fingerprint density at radius 1 is 1.13 bits per heavy atom. The zero-order valence-electron chi connectivity index (χ0n) is 15.9. The summed E-state index contributed by atoms with van der Waals surface area (Å²) >= 11 is 0. The Morgan fingerprint density at radius 3 is 2.32 bits per heavy atom. The molecule has 0 aromatic heterocycles. The van der Waals surface area contributed by atoms with Crippen LogP contribution in [0.5, 0.6) is 5.75 Å². The van der Waals surface area contributed by atoms with Gasteiger partial charge in [0.25, 0.3) is 5.91 Å². The van der Waals surface area contributed by atoms with Gasteiger partial charge in [0.05, 0.1) is 5.69 Å². The van der Waals surface area contributed by atoms with Crippen LogP contribution >= 0.6 is 0 Å². The highest BCUT2D eigenvalue weighted by Gasteiger charge is 2.40. The summed E-state index contributed by atoms with van der Waals surface area (Å²) in [4.78, 5) is 22.8. The molecule has 0 saturated carbocycles. The molecule has 12 heteroatoms. The maximum Gasteiger partial charge on any atom is 0.471 e. The SMILES string of the molecule is O=C1CN(c2ccc(C[C@H](Cc3ccccc3)NC(=O)C(F)(F)F)cc2O)S(=O)(=O)N1. The topological polar surface area (TPSA) is 116 Å². The molecule has 3 rings (SSSR count). The van der Waals surface area contributed by atoms with Gasteiger partial charge in [-0.1, -0.05) is 36.4 Å². The van der Waals surface area contributed by atoms with E-state index in [4.69, 9.17) is 0 Å². The number of phenols is 1. The number of hydrogen-bond acceptors (Lipinski definition) is 5. The molecule has 0 spiro atoms. The fourth-order valence-corrected chi connectivity index (χ4v) is 4.36. The van der Waals surface area contributed by atoms with E-state index in [2.05, 4.69) is 0 Å². The van der Waals surface area contributed by atoms with E-state index in [9.17, 15) is 36.3 Å². The normalized spacial score (nSPS) is 16.6. The van der Waals surface area contributed by atoms with Gasteiger partial charge < -0.3 is 10.4 Å². The summed E-state index contributed by atoms with van der Waals surface area (Å²) in [5.74, 6) is -3.32. The Bertz CT molecular complexity index is 1090. The molecule has 1 aliphatic rings. The summed E-state index contributed by atoms with van der Waals surface area (Å²) in [7, 11) is -4.13. The zero-order valence-corrected chi connectivity index (χ0v) is 16.7. The third-order valence-electron chi connectivity index (χ3n) is 4.53. The van der Waals surface area contributed by atoms with Crippen molar-refractivity contribution in [3.05, 3.63) is 59.7 Å². The molecule has 2 amide bonds. The molecule has 0 unspecified atom stereocenters. The second-order valence-electron chi connectivity index (χ2n) is 6.92. The van der Waals surface area contributed by atoms with E-state index >= 15 is 0 Å². The number of phenolic OH excluding ortho intramolecular Hbond substituents is 1. The first-order valence-corrected chi connectivity index (χ1v) is 10.5. The monoisotopic (exact) mass is 457 g/mol. The maximum absolute atomic E-state index is 12.7. The van der Waals surface area contributed by atoms with Crippen LogP contribution in [-0.4, -0.2) is 44.1 Å². The molecule has 1 saturated heterocycles. The largest absolute Gasteiger partial charge is 0.506 e. The second-order valence-corrected chi connectivity index (χ2v) is 8.52. The Morgan fingerprint density at radius 2 is 1.77 bits per heavy atom. The molecule has 0 radical (unpaired) electrons. The van der Waals surface area contributed by atoms with Gasteiger partial charge in [-0.25, -0.2) is 9.03 Å². The summed E-state index contributed by atoms with van der Waals surface area (Å²) in [6, 6.07) is 11.5. The van der Waals surface area contributed by atoms with Gasteiger partial charge in [0.2, 0.25) is 0 Å². The minimum Gasteiger partial charge on any atom is -0.506 e. The van der Waals surface area contributed by atoms with Crippen molar-refractivity contribution in [3.63, 3.8) is 0 Å². The van der Waals surface area contributed by atoms with Gasteiger partial charge in [-0.2, -0.15) is 21.6 Å². The predicted molar refractivity (Wildman–Crippen MR) is 104 cm³/mol. The molecular weight excluding hydrogens is 439 g/mol. The quantitative estimate of drug-likeness (QED) is 0.607. The van der Waals surface area contributed by atoms with Gasteiger partial charge in [-0.05, 0) is 36.1 Å². The van der Waals surface area contributed by atoms with Gasteiger partial charge in [0, 0.05) is 6.04 Å². The van der Waals surface area contributed by atoms with E-state index < -0.39 is 46.5 Å². The molecule has 8 nitrogen and oxygen atoms in total. The number of aromatic hydroxyl groups is 1. The van der Waals surface area contributed by atoms with Crippen LogP contribution in [0.4, 0.5) is 18.9 Å². The molecule has 166 valence electrons. The van der Waals surface area contributed by atoms with Crippen molar-refractivity contribution in [3.8, 4) is 5.75 Å². The smallest absolute Gasteiger partial charge is 0.471 e. The third-order valence-corrected chi connectivity index (χ3v) is 5.92. The molecule has 1 atom stereocenters. The van der Waals surface area contributed by atoms with Crippen molar-refractivity contribution >= 4 is 27.7 Å². The summed E-state index contributed by atoms with van der Waals surface area (Å²) < 4.78 is 64.5. The van der Waals surface area contributed by atoms with E-state index in [1.54, 1.807) is 35.1 Å². The lowest BCUT2D eigenvalue weighted by Crippen LogP contribution is -2.45. The highest BCUT2D eigenvalue weighted by atomic mass is 32.2. The molecule has 1 aliphatic heterocycles. The van der Waals surface area contributed by atoms with Crippen molar-refractivity contribution in [2.24, 2.45) is 0 Å². The average molecular weight is 457 g/mol. The molecule has 0 bridgehead atoms. The van der Waals surface area contributed by atoms with E-state index in [0.29, 0.717) is 15.4 Å². The highest BCUT2D eigenvalue weighted by Crippen LogP contribution is 2.32. The van der Waals surface area contributed by atoms with Gasteiger partial charge in [-0.3, -0.25) is 9.59 Å². The van der Waals surface area contributed by atoms with Crippen LogP contribution in [0, 0.1) is 0 Å². The number of anilines is 1. The number of alkyl halides is 3. The van der Waals surface area contributed by atoms with Crippen LogP contribution in [0.3, 0.4) is 0 Å². The maximum atomic E-state index is 12.7. The van der Waals surface area contributed by atoms with Crippen molar-refractivity contribution in [1.29, 1.82) is 0 Å². The Kier molecular flexibility index (Phi) is 6.11. The molecule has 2 aromatic carbocycles. The molecular formula is C19H18F3N3O5S. The number of carbonyl (C=O) groups excluding carboxylic acids is 2. The lowest BCUT2D eigenvalue weighted by molar-refractivity contribution is -0.174. The molecule has 1 fully saturated rings. The van der Waals surface area contributed by atoms with E-state index in [1.807, 2.05) is 5.32 Å². The number of benzene rings is 2. The van der Waals surface area contributed by atoms with Crippen LogP contribution in [0.25, 0.3) is 0 Å². The minimum atomic E-state index is -5.05. The molecule has 1 heterocycles. The highest BCUT2D eigenvalue weighted by molar-refractivity contribution is 7.92. The summed E-state index contributed by atoms with van der Waals surface area (Å²) in [5.41, 5.74) is 0.908. The lowest BCUT2D eigenvalue weighted by Gasteiger charge is -2.21. The van der Waals surface area contributed by atoms with E-state index in [0.717, 1.165) is 0 Å². The first kappa shape index (κ1) is 22.4. The number of rotatable bonds is 6. The Hall–Kier alpha value is -3.28. The molecule has 0 aliphatic carbocycles. The lowest BCUT2D eigenvalue weighted by atomic mass is 9.98. The van der Waals surface area contributed by atoms with Gasteiger partial charge >= 0.3 is 22.3 Å². The fraction of sp³-hybridized carbons (Fsp3) is 0.263. The summed E-state index contributed by atoms with van der Waals surface area (Å²) in [6.45, 7) is -0.506. The van der Waals surface area contributed by atoms with Gasteiger partial charge in [-0.15, -0.1) is 0 Å². The number of nitrogens with one attached hydrogen (secondary N) is 2. The second kappa shape index (κ2) is 8.46. The number of hydrogen-bond donors (Lipinski definition) is 3. The van der Waals surface area contributed by atoms with Crippen LogP contribution in [0.1, 0.15) is 11.1 Å². The van der Waals surface area contributed by atoms with E-state index in [-0.39, 0.29) is 18.5 Å². The van der Waals surface area contributed by atoms with Crippen molar-refractivity contribution < 1.29 is 36.3 Å². The van der Waals surface area contributed by atoms with Crippen molar-refractivity contribution in [2.75, 3.05) is 10.8 Å². The number of halogens is 3. The van der Waals surface area contributed by atoms with Crippen LogP contribution in [0.15, 0.2) is 48.5 Å².